The smallest absolute Gasteiger partial charge is 0.311 e. The molecule has 26 heavy (non-hydrogen) atoms. The molecule has 0 saturated carbocycles. The highest BCUT2D eigenvalue weighted by molar-refractivity contribution is 6.42. The van der Waals surface area contributed by atoms with Gasteiger partial charge >= 0.3 is 5.97 Å². The Kier molecular flexibility index (Phi) is 6.68. The Hall–Kier alpha value is -2.04. The molecule has 0 saturated heterocycles. The van der Waals surface area contributed by atoms with Crippen molar-refractivity contribution in [1.29, 1.82) is 0 Å². The number of esters is 1. The molecule has 0 aromatic heterocycles. The molecule has 2 aromatic rings. The van der Waals surface area contributed by atoms with Crippen LogP contribution < -0.4 is 5.32 Å². The maximum absolute atomic E-state index is 12.4. The first-order valence-electron chi connectivity index (χ1n) is 8.19. The average Bonchev–Trinajstić information content (AvgIpc) is 2.54. The molecule has 0 heterocycles. The molecular formula is C20H21Cl2NO3. The summed E-state index contributed by atoms with van der Waals surface area (Å²) in [6, 6.07) is 8.90. The summed E-state index contributed by atoms with van der Waals surface area (Å²) >= 11 is 11.8. The first kappa shape index (κ1) is 20.3. The van der Waals surface area contributed by atoms with Crippen molar-refractivity contribution in [2.75, 3.05) is 5.32 Å². The largest absolute Gasteiger partial charge is 0.452 e. The number of halogens is 2. The molecule has 0 bridgehead atoms. The standard InChI is InChI=1S/C20H21Cl2NO3/c1-11-7-12(2)19(13(3)8-11)23-20(25)14(4)26-18(24)10-15-5-6-16(21)17(22)9-15/h5-9,14H,10H2,1-4H3,(H,23,25). The monoisotopic (exact) mass is 393 g/mol. The third kappa shape index (κ3) is 5.23. The summed E-state index contributed by atoms with van der Waals surface area (Å²) in [5.41, 5.74) is 4.46. The molecular weight excluding hydrogens is 373 g/mol. The van der Waals surface area contributed by atoms with Gasteiger partial charge in [0.15, 0.2) is 6.10 Å². The SMILES string of the molecule is Cc1cc(C)c(NC(=O)C(C)OC(=O)Cc2ccc(Cl)c(Cl)c2)c(C)c1. The first-order valence-corrected chi connectivity index (χ1v) is 8.95. The minimum atomic E-state index is -0.912. The van der Waals surface area contributed by atoms with Crippen LogP contribution in [0.2, 0.25) is 10.0 Å². The second-order valence-corrected chi connectivity index (χ2v) is 7.13. The second kappa shape index (κ2) is 8.56. The summed E-state index contributed by atoms with van der Waals surface area (Å²) in [7, 11) is 0. The third-order valence-corrected chi connectivity index (χ3v) is 4.67. The lowest BCUT2D eigenvalue weighted by Gasteiger charge is -2.17. The predicted octanol–water partition coefficient (Wildman–Crippen LogP) is 5.03. The van der Waals surface area contributed by atoms with Gasteiger partial charge in [0.1, 0.15) is 0 Å². The molecule has 0 aliphatic rings. The van der Waals surface area contributed by atoms with Crippen molar-refractivity contribution < 1.29 is 14.3 Å². The highest BCUT2D eigenvalue weighted by Crippen LogP contribution is 2.24. The van der Waals surface area contributed by atoms with E-state index in [0.29, 0.717) is 15.6 Å². The number of rotatable bonds is 5. The summed E-state index contributed by atoms with van der Waals surface area (Å²) in [4.78, 5) is 24.4. The van der Waals surface area contributed by atoms with Gasteiger partial charge in [-0.25, -0.2) is 0 Å². The first-order chi connectivity index (χ1) is 12.2. The van der Waals surface area contributed by atoms with Crippen molar-refractivity contribution in [3.63, 3.8) is 0 Å². The van der Waals surface area contributed by atoms with E-state index in [0.717, 1.165) is 22.4 Å². The minimum Gasteiger partial charge on any atom is -0.452 e. The predicted molar refractivity (Wildman–Crippen MR) is 105 cm³/mol. The lowest BCUT2D eigenvalue weighted by molar-refractivity contribution is -0.152. The molecule has 0 radical (unpaired) electrons. The second-order valence-electron chi connectivity index (χ2n) is 6.32. The number of nitrogens with one attached hydrogen (secondary N) is 1. The van der Waals surface area contributed by atoms with Crippen LogP contribution in [0.4, 0.5) is 5.69 Å². The van der Waals surface area contributed by atoms with E-state index in [-0.39, 0.29) is 12.3 Å². The van der Waals surface area contributed by atoms with Gasteiger partial charge in [0.25, 0.3) is 5.91 Å². The highest BCUT2D eigenvalue weighted by atomic mass is 35.5. The average molecular weight is 394 g/mol. The lowest BCUT2D eigenvalue weighted by atomic mass is 10.0. The molecule has 1 N–H and O–H groups in total. The molecule has 0 spiro atoms. The van der Waals surface area contributed by atoms with Gasteiger partial charge in [-0.2, -0.15) is 0 Å². The van der Waals surface area contributed by atoms with Crippen molar-refractivity contribution in [3.8, 4) is 0 Å². The Bertz CT molecular complexity index is 826. The van der Waals surface area contributed by atoms with Crippen molar-refractivity contribution >= 4 is 40.8 Å². The molecule has 4 nitrogen and oxygen atoms in total. The maximum Gasteiger partial charge on any atom is 0.311 e. The van der Waals surface area contributed by atoms with Crippen LogP contribution in [0.15, 0.2) is 30.3 Å². The summed E-state index contributed by atoms with van der Waals surface area (Å²) < 4.78 is 5.23. The van der Waals surface area contributed by atoms with Gasteiger partial charge in [-0.1, -0.05) is 47.0 Å². The minimum absolute atomic E-state index is 0.0110. The zero-order valence-electron chi connectivity index (χ0n) is 15.2. The van der Waals surface area contributed by atoms with E-state index >= 15 is 0 Å². The van der Waals surface area contributed by atoms with Crippen molar-refractivity contribution in [1.82, 2.24) is 0 Å². The van der Waals surface area contributed by atoms with Crippen LogP contribution in [0.25, 0.3) is 0 Å². The number of benzene rings is 2. The number of hydrogen-bond donors (Lipinski definition) is 1. The Morgan fingerprint density at radius 1 is 1.04 bits per heavy atom. The lowest BCUT2D eigenvalue weighted by Crippen LogP contribution is -2.31. The van der Waals surface area contributed by atoms with E-state index in [2.05, 4.69) is 5.32 Å². The van der Waals surface area contributed by atoms with E-state index in [1.807, 2.05) is 32.9 Å². The Morgan fingerprint density at radius 3 is 2.23 bits per heavy atom. The van der Waals surface area contributed by atoms with Crippen LogP contribution in [-0.2, 0) is 20.7 Å². The Morgan fingerprint density at radius 2 is 1.65 bits per heavy atom. The number of ether oxygens (including phenoxy) is 1. The molecule has 1 unspecified atom stereocenters. The topological polar surface area (TPSA) is 55.4 Å². The van der Waals surface area contributed by atoms with Gasteiger partial charge in [0, 0.05) is 5.69 Å². The van der Waals surface area contributed by atoms with Crippen LogP contribution in [0.1, 0.15) is 29.2 Å². The number of carbonyl (C=O) groups is 2. The molecule has 0 fully saturated rings. The molecule has 2 rings (SSSR count). The number of hydrogen-bond acceptors (Lipinski definition) is 3. The Labute approximate surface area is 163 Å². The zero-order valence-corrected chi connectivity index (χ0v) is 16.7. The number of carbonyl (C=O) groups excluding carboxylic acids is 2. The summed E-state index contributed by atoms with van der Waals surface area (Å²) in [5.74, 6) is -0.883. The molecule has 1 atom stereocenters. The quantitative estimate of drug-likeness (QED) is 0.724. The fourth-order valence-electron chi connectivity index (χ4n) is 2.71. The number of amides is 1. The van der Waals surface area contributed by atoms with Gasteiger partial charge in [0.2, 0.25) is 0 Å². The van der Waals surface area contributed by atoms with Crippen LogP contribution in [0.3, 0.4) is 0 Å². The Balaban J connectivity index is 1.98. The number of aryl methyl sites for hydroxylation is 3. The molecule has 1 amide bonds. The van der Waals surface area contributed by atoms with E-state index in [9.17, 15) is 9.59 Å². The zero-order chi connectivity index (χ0) is 19.4. The summed E-state index contributed by atoms with van der Waals surface area (Å²) in [6.07, 6.45) is -0.901. The third-order valence-electron chi connectivity index (χ3n) is 3.94. The normalized spacial score (nSPS) is 11.8. The van der Waals surface area contributed by atoms with Crippen LogP contribution in [0.5, 0.6) is 0 Å². The van der Waals surface area contributed by atoms with Gasteiger partial charge in [-0.3, -0.25) is 9.59 Å². The van der Waals surface area contributed by atoms with E-state index in [1.165, 1.54) is 0 Å². The van der Waals surface area contributed by atoms with E-state index in [4.69, 9.17) is 27.9 Å². The highest BCUT2D eigenvalue weighted by Gasteiger charge is 2.19. The van der Waals surface area contributed by atoms with Crippen molar-refractivity contribution in [2.45, 2.75) is 40.2 Å². The molecule has 0 aliphatic heterocycles. The van der Waals surface area contributed by atoms with Gasteiger partial charge in [0.05, 0.1) is 16.5 Å². The summed E-state index contributed by atoms with van der Waals surface area (Å²) in [6.45, 7) is 7.40. The van der Waals surface area contributed by atoms with E-state index < -0.39 is 12.1 Å². The fourth-order valence-corrected chi connectivity index (χ4v) is 3.03. The van der Waals surface area contributed by atoms with Crippen LogP contribution in [-0.4, -0.2) is 18.0 Å². The molecule has 138 valence electrons. The van der Waals surface area contributed by atoms with Crippen LogP contribution in [0, 0.1) is 20.8 Å². The van der Waals surface area contributed by atoms with Gasteiger partial charge < -0.3 is 10.1 Å². The van der Waals surface area contributed by atoms with Crippen LogP contribution >= 0.6 is 23.2 Å². The summed E-state index contributed by atoms with van der Waals surface area (Å²) in [5, 5.41) is 3.62. The van der Waals surface area contributed by atoms with Crippen molar-refractivity contribution in [2.24, 2.45) is 0 Å². The molecule has 2 aromatic carbocycles. The van der Waals surface area contributed by atoms with Gasteiger partial charge in [-0.15, -0.1) is 0 Å². The van der Waals surface area contributed by atoms with E-state index in [1.54, 1.807) is 25.1 Å². The number of anilines is 1. The fraction of sp³-hybridized carbons (Fsp3) is 0.300. The maximum atomic E-state index is 12.4. The van der Waals surface area contributed by atoms with Crippen molar-refractivity contribution in [3.05, 3.63) is 62.6 Å². The molecule has 6 heteroatoms. The molecule has 0 aliphatic carbocycles. The van der Waals surface area contributed by atoms with Gasteiger partial charge in [-0.05, 0) is 56.5 Å².